The summed E-state index contributed by atoms with van der Waals surface area (Å²) in [5.41, 5.74) is -0.388. The Bertz CT molecular complexity index is 234. The Labute approximate surface area is 104 Å². The molecule has 0 spiro atoms. The Morgan fingerprint density at radius 1 is 1.24 bits per heavy atom. The summed E-state index contributed by atoms with van der Waals surface area (Å²) < 4.78 is 0. The molecule has 0 unspecified atom stereocenters. The fourth-order valence-corrected chi connectivity index (χ4v) is 2.08. The van der Waals surface area contributed by atoms with E-state index in [4.69, 9.17) is 5.11 Å². The van der Waals surface area contributed by atoms with Gasteiger partial charge >= 0.3 is 0 Å². The zero-order valence-electron chi connectivity index (χ0n) is 11.1. The molecule has 0 aromatic heterocycles. The molecule has 1 fully saturated rings. The molecule has 0 aliphatic heterocycles. The van der Waals surface area contributed by atoms with Crippen LogP contribution < -0.4 is 10.6 Å². The van der Waals surface area contributed by atoms with E-state index in [0.717, 1.165) is 12.8 Å². The molecule has 0 atom stereocenters. The molecule has 1 aliphatic carbocycles. The highest BCUT2D eigenvalue weighted by Gasteiger charge is 2.18. The van der Waals surface area contributed by atoms with Crippen LogP contribution in [-0.4, -0.2) is 35.7 Å². The number of hydrogen-bond acceptors (Lipinski definition) is 3. The topological polar surface area (TPSA) is 61.4 Å². The number of rotatable bonds is 5. The highest BCUT2D eigenvalue weighted by Crippen LogP contribution is 2.16. The maximum atomic E-state index is 11.7. The van der Waals surface area contributed by atoms with Crippen LogP contribution in [0.5, 0.6) is 0 Å². The van der Waals surface area contributed by atoms with Crippen LogP contribution in [0.3, 0.4) is 0 Å². The van der Waals surface area contributed by atoms with Gasteiger partial charge in [0.1, 0.15) is 0 Å². The van der Waals surface area contributed by atoms with E-state index < -0.39 is 0 Å². The molecule has 4 nitrogen and oxygen atoms in total. The molecule has 0 aromatic carbocycles. The van der Waals surface area contributed by atoms with Crippen molar-refractivity contribution in [3.8, 4) is 0 Å². The smallest absolute Gasteiger partial charge is 0.234 e. The lowest BCUT2D eigenvalue weighted by Crippen LogP contribution is -2.49. The summed E-state index contributed by atoms with van der Waals surface area (Å²) in [7, 11) is 0. The third-order valence-corrected chi connectivity index (χ3v) is 3.34. The molecule has 0 heterocycles. The molecule has 4 heteroatoms. The largest absolute Gasteiger partial charge is 0.394 e. The van der Waals surface area contributed by atoms with Gasteiger partial charge in [-0.1, -0.05) is 25.7 Å². The minimum absolute atomic E-state index is 0.0315. The minimum atomic E-state index is -0.388. The lowest BCUT2D eigenvalue weighted by Gasteiger charge is -2.24. The molecule has 1 rings (SSSR count). The maximum absolute atomic E-state index is 11.7. The van der Waals surface area contributed by atoms with Gasteiger partial charge in [0.05, 0.1) is 13.2 Å². The summed E-state index contributed by atoms with van der Waals surface area (Å²) in [5, 5.41) is 15.2. The van der Waals surface area contributed by atoms with Gasteiger partial charge in [-0.15, -0.1) is 0 Å². The van der Waals surface area contributed by atoms with E-state index in [0.29, 0.717) is 6.04 Å². The van der Waals surface area contributed by atoms with Crippen molar-refractivity contribution in [3.63, 3.8) is 0 Å². The summed E-state index contributed by atoms with van der Waals surface area (Å²) in [6, 6.07) is 0.351. The predicted molar refractivity (Wildman–Crippen MR) is 68.8 cm³/mol. The van der Waals surface area contributed by atoms with Gasteiger partial charge in [0, 0.05) is 11.6 Å². The summed E-state index contributed by atoms with van der Waals surface area (Å²) in [4.78, 5) is 11.7. The van der Waals surface area contributed by atoms with Gasteiger partial charge in [-0.05, 0) is 26.7 Å². The highest BCUT2D eigenvalue weighted by molar-refractivity contribution is 5.78. The van der Waals surface area contributed by atoms with Gasteiger partial charge in [-0.3, -0.25) is 4.79 Å². The molecular weight excluding hydrogens is 216 g/mol. The molecule has 0 aromatic rings. The number of amides is 1. The van der Waals surface area contributed by atoms with Crippen molar-refractivity contribution in [2.45, 2.75) is 64.0 Å². The van der Waals surface area contributed by atoms with Crippen LogP contribution in [0, 0.1) is 0 Å². The van der Waals surface area contributed by atoms with E-state index in [-0.39, 0.29) is 24.6 Å². The van der Waals surface area contributed by atoms with Gasteiger partial charge in [0.25, 0.3) is 0 Å². The van der Waals surface area contributed by atoms with Gasteiger partial charge in [-0.25, -0.2) is 0 Å². The molecular formula is C13H26N2O2. The number of nitrogens with one attached hydrogen (secondary N) is 2. The molecule has 1 amide bonds. The van der Waals surface area contributed by atoms with E-state index in [9.17, 15) is 4.79 Å². The van der Waals surface area contributed by atoms with Gasteiger partial charge in [-0.2, -0.15) is 0 Å². The summed E-state index contributed by atoms with van der Waals surface area (Å²) in [6.45, 7) is 4.08. The van der Waals surface area contributed by atoms with Crippen LogP contribution in [0.15, 0.2) is 0 Å². The Balaban J connectivity index is 2.24. The molecule has 0 bridgehead atoms. The Kier molecular flexibility index (Phi) is 5.92. The fourth-order valence-electron chi connectivity index (χ4n) is 2.08. The van der Waals surface area contributed by atoms with Gasteiger partial charge < -0.3 is 15.7 Å². The molecule has 1 saturated carbocycles. The molecule has 3 N–H and O–H groups in total. The van der Waals surface area contributed by atoms with Crippen LogP contribution in [0.25, 0.3) is 0 Å². The van der Waals surface area contributed by atoms with Crippen molar-refractivity contribution in [2.24, 2.45) is 0 Å². The molecule has 0 saturated heterocycles. The van der Waals surface area contributed by atoms with Crippen LogP contribution in [0.4, 0.5) is 0 Å². The van der Waals surface area contributed by atoms with Crippen LogP contribution >= 0.6 is 0 Å². The van der Waals surface area contributed by atoms with E-state index in [1.807, 2.05) is 13.8 Å². The average Bonchev–Trinajstić information content (AvgIpc) is 2.55. The second-order valence-electron chi connectivity index (χ2n) is 5.65. The Morgan fingerprint density at radius 2 is 1.82 bits per heavy atom. The summed E-state index contributed by atoms with van der Waals surface area (Å²) in [5.74, 6) is 0.0402. The third kappa shape index (κ3) is 6.03. The number of carbonyl (C=O) groups excluding carboxylic acids is 1. The van der Waals surface area contributed by atoms with E-state index in [1.54, 1.807) is 0 Å². The second kappa shape index (κ2) is 6.97. The first-order valence-electron chi connectivity index (χ1n) is 6.69. The van der Waals surface area contributed by atoms with E-state index in [1.165, 1.54) is 25.7 Å². The Morgan fingerprint density at radius 3 is 2.35 bits per heavy atom. The zero-order chi connectivity index (χ0) is 12.7. The first-order valence-corrected chi connectivity index (χ1v) is 6.69. The van der Waals surface area contributed by atoms with Crippen LogP contribution in [-0.2, 0) is 4.79 Å². The van der Waals surface area contributed by atoms with Crippen molar-refractivity contribution in [3.05, 3.63) is 0 Å². The average molecular weight is 242 g/mol. The van der Waals surface area contributed by atoms with Crippen molar-refractivity contribution < 1.29 is 9.90 Å². The second-order valence-corrected chi connectivity index (χ2v) is 5.65. The van der Waals surface area contributed by atoms with Crippen molar-refractivity contribution >= 4 is 5.91 Å². The van der Waals surface area contributed by atoms with Crippen molar-refractivity contribution in [1.82, 2.24) is 10.6 Å². The maximum Gasteiger partial charge on any atom is 0.234 e. The number of carbonyl (C=O) groups is 1. The lowest BCUT2D eigenvalue weighted by molar-refractivity contribution is -0.121. The first-order chi connectivity index (χ1) is 8.03. The number of aliphatic hydroxyl groups is 1. The van der Waals surface area contributed by atoms with Crippen LogP contribution in [0.2, 0.25) is 0 Å². The quantitative estimate of drug-likeness (QED) is 0.635. The lowest BCUT2D eigenvalue weighted by atomic mass is 10.1. The van der Waals surface area contributed by atoms with Gasteiger partial charge in [0.2, 0.25) is 5.91 Å². The standard InChI is InChI=1S/C13H26N2O2/c1-13(2,10-16)14-9-12(17)15-11-7-5-3-4-6-8-11/h11,14,16H,3-10H2,1-2H3,(H,15,17). The Hall–Kier alpha value is -0.610. The fraction of sp³-hybridized carbons (Fsp3) is 0.923. The van der Waals surface area contributed by atoms with E-state index in [2.05, 4.69) is 10.6 Å². The zero-order valence-corrected chi connectivity index (χ0v) is 11.1. The van der Waals surface area contributed by atoms with Crippen molar-refractivity contribution in [1.29, 1.82) is 0 Å². The van der Waals surface area contributed by atoms with Crippen LogP contribution in [0.1, 0.15) is 52.4 Å². The molecule has 17 heavy (non-hydrogen) atoms. The van der Waals surface area contributed by atoms with E-state index >= 15 is 0 Å². The molecule has 100 valence electrons. The molecule has 1 aliphatic rings. The number of aliphatic hydroxyl groups excluding tert-OH is 1. The van der Waals surface area contributed by atoms with Crippen molar-refractivity contribution in [2.75, 3.05) is 13.2 Å². The third-order valence-electron chi connectivity index (χ3n) is 3.34. The highest BCUT2D eigenvalue weighted by atomic mass is 16.3. The first kappa shape index (κ1) is 14.5. The number of hydrogen-bond donors (Lipinski definition) is 3. The minimum Gasteiger partial charge on any atom is -0.394 e. The molecule has 0 radical (unpaired) electrons. The summed E-state index contributed by atoms with van der Waals surface area (Å²) >= 11 is 0. The van der Waals surface area contributed by atoms with Gasteiger partial charge in [0.15, 0.2) is 0 Å². The predicted octanol–water partition coefficient (Wildman–Crippen LogP) is 1.19. The normalized spacial score (nSPS) is 18.8. The monoisotopic (exact) mass is 242 g/mol. The summed E-state index contributed by atoms with van der Waals surface area (Å²) in [6.07, 6.45) is 7.25. The SMILES string of the molecule is CC(C)(CO)NCC(=O)NC1CCCCCC1.